The molecule has 0 aliphatic heterocycles. The summed E-state index contributed by atoms with van der Waals surface area (Å²) in [6.45, 7) is 0. The average Bonchev–Trinajstić information content (AvgIpc) is 2.72. The summed E-state index contributed by atoms with van der Waals surface area (Å²) in [7, 11) is 0. The van der Waals surface area contributed by atoms with Crippen molar-refractivity contribution < 1.29 is 4.42 Å². The molecule has 0 saturated carbocycles. The van der Waals surface area contributed by atoms with Crippen molar-refractivity contribution in [3.05, 3.63) is 58.0 Å². The van der Waals surface area contributed by atoms with Crippen LogP contribution in [0.25, 0.3) is 0 Å². The van der Waals surface area contributed by atoms with Crippen molar-refractivity contribution in [2.45, 2.75) is 18.4 Å². The van der Waals surface area contributed by atoms with Crippen LogP contribution in [0.4, 0.5) is 0 Å². The van der Waals surface area contributed by atoms with Gasteiger partial charge in [0, 0.05) is 5.92 Å². The molecule has 0 amide bonds. The van der Waals surface area contributed by atoms with Crippen LogP contribution in [-0.2, 0) is 6.42 Å². The molecule has 1 aromatic carbocycles. The molecule has 1 aliphatic carbocycles. The first-order valence-electron chi connectivity index (χ1n) is 5.58. The molecule has 1 aromatic heterocycles. The Morgan fingerprint density at radius 1 is 1.35 bits per heavy atom. The Morgan fingerprint density at radius 3 is 2.82 bits per heavy atom. The van der Waals surface area contributed by atoms with Gasteiger partial charge in [-0.2, -0.15) is 0 Å². The third-order valence-electron chi connectivity index (χ3n) is 3.40. The van der Waals surface area contributed by atoms with E-state index in [0.29, 0.717) is 5.92 Å². The van der Waals surface area contributed by atoms with Crippen molar-refractivity contribution in [2.24, 2.45) is 5.84 Å². The Kier molecular flexibility index (Phi) is 2.78. The van der Waals surface area contributed by atoms with Crippen molar-refractivity contribution in [1.29, 1.82) is 0 Å². The van der Waals surface area contributed by atoms with E-state index in [1.165, 1.54) is 11.1 Å². The Morgan fingerprint density at radius 2 is 2.18 bits per heavy atom. The molecule has 0 radical (unpaired) electrons. The van der Waals surface area contributed by atoms with Gasteiger partial charge in [-0.3, -0.25) is 5.84 Å². The fourth-order valence-corrected chi connectivity index (χ4v) is 2.94. The van der Waals surface area contributed by atoms with Gasteiger partial charge >= 0.3 is 0 Å². The summed E-state index contributed by atoms with van der Waals surface area (Å²) in [5.74, 6) is 6.92. The lowest BCUT2D eigenvalue weighted by atomic mass is 9.73. The van der Waals surface area contributed by atoms with Crippen LogP contribution in [0.1, 0.15) is 28.8 Å². The summed E-state index contributed by atoms with van der Waals surface area (Å²) in [6, 6.07) is 10.4. The Hall–Kier alpha value is -1.10. The fourth-order valence-electron chi connectivity index (χ4n) is 2.50. The van der Waals surface area contributed by atoms with E-state index in [-0.39, 0.29) is 6.04 Å². The van der Waals surface area contributed by atoms with Gasteiger partial charge in [0.15, 0.2) is 0 Å². The monoisotopic (exact) mass is 292 g/mol. The zero-order chi connectivity index (χ0) is 11.8. The van der Waals surface area contributed by atoms with E-state index in [9.17, 15) is 0 Å². The third-order valence-corrected chi connectivity index (χ3v) is 4.06. The number of nitrogens with one attached hydrogen (secondary N) is 1. The lowest BCUT2D eigenvalue weighted by molar-refractivity contribution is 0.347. The van der Waals surface area contributed by atoms with Gasteiger partial charge in [0.2, 0.25) is 0 Å². The largest absolute Gasteiger partial charge is 0.466 e. The number of hydrogen-bond donors (Lipinski definition) is 2. The molecular formula is C13H13BrN2O. The van der Waals surface area contributed by atoms with Gasteiger partial charge in [0.25, 0.3) is 0 Å². The summed E-state index contributed by atoms with van der Waals surface area (Å²) >= 11 is 3.48. The Bertz CT molecular complexity index is 538. The van der Waals surface area contributed by atoms with Gasteiger partial charge in [-0.1, -0.05) is 24.3 Å². The van der Waals surface area contributed by atoms with E-state index < -0.39 is 0 Å². The minimum absolute atomic E-state index is 0.0225. The molecule has 0 saturated heterocycles. The minimum atomic E-state index is 0.0225. The van der Waals surface area contributed by atoms with E-state index in [4.69, 9.17) is 10.3 Å². The second kappa shape index (κ2) is 4.29. The van der Waals surface area contributed by atoms with Crippen LogP contribution < -0.4 is 11.3 Å². The molecule has 2 unspecified atom stereocenters. The maximum Gasteiger partial charge on any atom is 0.136 e. The quantitative estimate of drug-likeness (QED) is 0.676. The second-order valence-electron chi connectivity index (χ2n) is 4.29. The molecule has 17 heavy (non-hydrogen) atoms. The number of nitrogens with two attached hydrogens (primary N) is 1. The highest BCUT2D eigenvalue weighted by Crippen LogP contribution is 2.44. The molecule has 88 valence electrons. The molecule has 0 fully saturated rings. The minimum Gasteiger partial charge on any atom is -0.466 e. The first kappa shape index (κ1) is 11.0. The molecule has 0 bridgehead atoms. The highest BCUT2D eigenvalue weighted by atomic mass is 79.9. The summed E-state index contributed by atoms with van der Waals surface area (Å²) in [5, 5.41) is 0. The maximum atomic E-state index is 5.67. The fraction of sp³-hybridized carbons (Fsp3) is 0.231. The molecule has 4 heteroatoms. The first-order chi connectivity index (χ1) is 8.31. The Labute approximate surface area is 108 Å². The van der Waals surface area contributed by atoms with Crippen LogP contribution in [0.5, 0.6) is 0 Å². The summed E-state index contributed by atoms with van der Waals surface area (Å²) in [4.78, 5) is 0. The highest BCUT2D eigenvalue weighted by molar-refractivity contribution is 9.10. The van der Waals surface area contributed by atoms with Crippen molar-refractivity contribution >= 4 is 15.9 Å². The number of hydrazine groups is 1. The molecule has 2 atom stereocenters. The van der Waals surface area contributed by atoms with Gasteiger partial charge in [0.05, 0.1) is 16.8 Å². The lowest BCUT2D eigenvalue weighted by Crippen LogP contribution is -2.37. The predicted octanol–water partition coefficient (Wildman–Crippen LogP) is 2.89. The van der Waals surface area contributed by atoms with Gasteiger partial charge in [0.1, 0.15) is 5.76 Å². The van der Waals surface area contributed by atoms with Crippen molar-refractivity contribution in [1.82, 2.24) is 5.43 Å². The van der Waals surface area contributed by atoms with Crippen molar-refractivity contribution in [3.63, 3.8) is 0 Å². The molecule has 1 heterocycles. The summed E-state index contributed by atoms with van der Waals surface area (Å²) < 4.78 is 6.46. The van der Waals surface area contributed by atoms with E-state index in [1.807, 2.05) is 6.07 Å². The molecule has 0 spiro atoms. The van der Waals surface area contributed by atoms with Crippen molar-refractivity contribution in [3.8, 4) is 0 Å². The lowest BCUT2D eigenvalue weighted by Gasteiger charge is -2.35. The van der Waals surface area contributed by atoms with Crippen molar-refractivity contribution in [2.75, 3.05) is 0 Å². The summed E-state index contributed by atoms with van der Waals surface area (Å²) in [5.41, 5.74) is 5.63. The zero-order valence-corrected chi connectivity index (χ0v) is 10.8. The number of fused-ring (bicyclic) bond motifs is 1. The van der Waals surface area contributed by atoms with Crippen LogP contribution in [0.3, 0.4) is 0 Å². The van der Waals surface area contributed by atoms with Gasteiger partial charge in [-0.25, -0.2) is 5.43 Å². The van der Waals surface area contributed by atoms with Crippen LogP contribution >= 0.6 is 15.9 Å². The Balaban J connectivity index is 1.93. The van der Waals surface area contributed by atoms with E-state index in [1.54, 1.807) is 6.26 Å². The number of hydrogen-bond acceptors (Lipinski definition) is 3. The smallest absolute Gasteiger partial charge is 0.136 e. The van der Waals surface area contributed by atoms with Gasteiger partial charge in [-0.15, -0.1) is 0 Å². The molecule has 3 nitrogen and oxygen atoms in total. The molecule has 3 rings (SSSR count). The first-order valence-corrected chi connectivity index (χ1v) is 6.37. The molecular weight excluding hydrogens is 280 g/mol. The van der Waals surface area contributed by atoms with Crippen LogP contribution in [-0.4, -0.2) is 0 Å². The number of rotatable bonds is 3. The topological polar surface area (TPSA) is 51.2 Å². The number of halogens is 1. The van der Waals surface area contributed by atoms with Gasteiger partial charge < -0.3 is 4.42 Å². The average molecular weight is 293 g/mol. The molecule has 2 aromatic rings. The van der Waals surface area contributed by atoms with E-state index >= 15 is 0 Å². The number of benzene rings is 1. The summed E-state index contributed by atoms with van der Waals surface area (Å²) in [6.07, 6.45) is 2.71. The normalized spacial score (nSPS) is 19.5. The third kappa shape index (κ3) is 1.73. The maximum absolute atomic E-state index is 5.67. The van der Waals surface area contributed by atoms with Gasteiger partial charge in [-0.05, 0) is 39.5 Å². The zero-order valence-electron chi connectivity index (χ0n) is 9.19. The second-order valence-corrected chi connectivity index (χ2v) is 5.14. The molecule has 3 N–H and O–H groups in total. The molecule has 1 aliphatic rings. The SMILES string of the molecule is NNC(c1occc1Br)C1Cc2ccccc21. The highest BCUT2D eigenvalue weighted by Gasteiger charge is 2.35. The van der Waals surface area contributed by atoms with Crippen LogP contribution in [0, 0.1) is 0 Å². The van der Waals surface area contributed by atoms with Crippen LogP contribution in [0.15, 0.2) is 45.5 Å². The number of furan rings is 1. The standard InChI is InChI=1S/C13H13BrN2O/c14-11-5-6-17-13(11)12(16-15)10-7-8-3-1-2-4-9(8)10/h1-6,10,12,16H,7,15H2. The van der Waals surface area contributed by atoms with E-state index in [0.717, 1.165) is 16.7 Å². The van der Waals surface area contributed by atoms with Crippen LogP contribution in [0.2, 0.25) is 0 Å². The van der Waals surface area contributed by atoms with E-state index in [2.05, 4.69) is 45.6 Å². The predicted molar refractivity (Wildman–Crippen MR) is 69.4 cm³/mol.